The van der Waals surface area contributed by atoms with Crippen molar-refractivity contribution in [2.75, 3.05) is 9.80 Å². The SMILES string of the molecule is C/C(=C(/C)c1c(C)c(C)c2c(c1C)C(C)(C)c1c(C)c(/C(C)=C(\C)c3c(C)c(C)c(N(c4c(C)c(C)c(C)c(C)c4C)c4c(C)c(C)c(C)c(C)c4C)c(C)c3C)c(C)c(C)c1-2)c1c(C)c(C)c(N(c2c(C)c(C)c(C)c(C)c2C)c2c(C)c(C)c(C)c(C)c2C)c(C)c1C. The van der Waals surface area contributed by atoms with Crippen LogP contribution in [0.3, 0.4) is 0 Å². The molecule has 0 amide bonds. The summed E-state index contributed by atoms with van der Waals surface area (Å²) in [5, 5.41) is 0. The van der Waals surface area contributed by atoms with Gasteiger partial charge >= 0.3 is 0 Å². The summed E-state index contributed by atoms with van der Waals surface area (Å²) >= 11 is 0. The average molecular weight is 1270 g/mol. The van der Waals surface area contributed by atoms with Crippen molar-refractivity contribution >= 4 is 56.4 Å². The molecule has 0 fully saturated rings. The first-order chi connectivity index (χ1) is 43.8. The van der Waals surface area contributed by atoms with Crippen molar-refractivity contribution in [3.63, 3.8) is 0 Å². The highest BCUT2D eigenvalue weighted by Gasteiger charge is 2.43. The lowest BCUT2D eigenvalue weighted by Crippen LogP contribution is -2.21. The third-order valence-electron chi connectivity index (χ3n) is 27.1. The Morgan fingerprint density at radius 2 is 0.295 bits per heavy atom. The molecule has 0 atom stereocenters. The van der Waals surface area contributed by atoms with Gasteiger partial charge in [-0.1, -0.05) is 13.8 Å². The first-order valence-electron chi connectivity index (χ1n) is 35.6. The molecule has 0 saturated heterocycles. The van der Waals surface area contributed by atoms with E-state index < -0.39 is 0 Å². The van der Waals surface area contributed by atoms with E-state index in [1.165, 1.54) is 290 Å². The topological polar surface area (TPSA) is 6.48 Å². The number of fused-ring (bicyclic) bond motifs is 3. The minimum absolute atomic E-state index is 0.256. The number of allylic oxidation sites excluding steroid dienone is 4. The number of benzene rings is 8. The fourth-order valence-electron chi connectivity index (χ4n) is 18.8. The third-order valence-corrected chi connectivity index (χ3v) is 27.1. The molecule has 0 radical (unpaired) electrons. The molecular formula is C93H120N2. The minimum Gasteiger partial charge on any atom is -0.309 e. The highest BCUT2D eigenvalue weighted by Crippen LogP contribution is 2.59. The van der Waals surface area contributed by atoms with Crippen LogP contribution in [-0.2, 0) is 5.41 Å². The zero-order valence-corrected chi connectivity index (χ0v) is 67.4. The molecule has 0 aliphatic heterocycles. The van der Waals surface area contributed by atoms with Crippen LogP contribution in [0.25, 0.3) is 33.4 Å². The number of hydrogen-bond donors (Lipinski definition) is 0. The molecule has 502 valence electrons. The molecule has 0 heterocycles. The van der Waals surface area contributed by atoms with Gasteiger partial charge in [-0.05, 0) is 519 Å². The molecule has 0 N–H and O–H groups in total. The lowest BCUT2D eigenvalue weighted by molar-refractivity contribution is 0.649. The molecule has 0 spiro atoms. The standard InChI is InChI=1S/C93H120N2/c1-41-45(5)65(25)87(66(26)46(41)6)94(88-67(27)47(7)42(2)48(8)68(88)28)91-73(33)61(21)79(62(22)74(91)34)53(13)55(15)81-57(17)59(19)83-84-60(20)58(18)82(78(38)86(84)93(39,40)85(83)77(81)37)56(16)54(14)80-63(23)75(35)92(76(36)64(80)24)95(89-69(29)49(9)43(3)50(10)70(89)30)90-71(31)51(11)44(4)52(12)72(90)32/h1-40H3/b55-53+,56-54+. The molecule has 0 aromatic heterocycles. The van der Waals surface area contributed by atoms with Gasteiger partial charge in [-0.2, -0.15) is 0 Å². The minimum atomic E-state index is -0.256. The van der Waals surface area contributed by atoms with Gasteiger partial charge in [0.15, 0.2) is 0 Å². The molecule has 1 aliphatic carbocycles. The van der Waals surface area contributed by atoms with Crippen molar-refractivity contribution < 1.29 is 0 Å². The van der Waals surface area contributed by atoms with Crippen LogP contribution < -0.4 is 9.80 Å². The largest absolute Gasteiger partial charge is 0.309 e. The van der Waals surface area contributed by atoms with Gasteiger partial charge in [0.25, 0.3) is 0 Å². The lowest BCUT2D eigenvalue weighted by Gasteiger charge is -2.38. The maximum absolute atomic E-state index is 2.71. The summed E-state index contributed by atoms with van der Waals surface area (Å²) in [6.45, 7) is 95.3. The van der Waals surface area contributed by atoms with Crippen molar-refractivity contribution in [2.45, 2.75) is 282 Å². The second-order valence-electron chi connectivity index (χ2n) is 31.1. The maximum atomic E-state index is 2.71. The van der Waals surface area contributed by atoms with Gasteiger partial charge in [-0.15, -0.1) is 0 Å². The normalized spacial score (nSPS) is 13.3. The van der Waals surface area contributed by atoms with Crippen LogP contribution >= 0.6 is 0 Å². The van der Waals surface area contributed by atoms with Gasteiger partial charge in [-0.3, -0.25) is 0 Å². The first kappa shape index (κ1) is 72.1. The van der Waals surface area contributed by atoms with Crippen LogP contribution in [-0.4, -0.2) is 0 Å². The Morgan fingerprint density at radius 3 is 0.463 bits per heavy atom. The van der Waals surface area contributed by atoms with E-state index in [1.807, 2.05) is 0 Å². The highest BCUT2D eigenvalue weighted by molar-refractivity contribution is 6.02. The van der Waals surface area contributed by atoms with Crippen molar-refractivity contribution in [3.05, 3.63) is 223 Å². The summed E-state index contributed by atoms with van der Waals surface area (Å²) in [4.78, 5) is 5.42. The Hall–Kier alpha value is -7.16. The van der Waals surface area contributed by atoms with E-state index >= 15 is 0 Å². The fraction of sp³-hybridized carbons (Fsp3) is 0.441. The van der Waals surface area contributed by atoms with Crippen molar-refractivity contribution in [2.24, 2.45) is 0 Å². The zero-order valence-electron chi connectivity index (χ0n) is 67.4. The van der Waals surface area contributed by atoms with Crippen LogP contribution in [0.4, 0.5) is 34.1 Å². The Balaban J connectivity index is 1.23. The van der Waals surface area contributed by atoms with Gasteiger partial charge in [-0.25, -0.2) is 0 Å². The van der Waals surface area contributed by atoms with E-state index in [1.54, 1.807) is 0 Å². The van der Waals surface area contributed by atoms with Crippen molar-refractivity contribution in [1.82, 2.24) is 0 Å². The summed E-state index contributed by atoms with van der Waals surface area (Å²) in [6.07, 6.45) is 0. The molecule has 8 aromatic rings. The van der Waals surface area contributed by atoms with Gasteiger partial charge < -0.3 is 9.80 Å². The molecule has 95 heavy (non-hydrogen) atoms. The van der Waals surface area contributed by atoms with Gasteiger partial charge in [0, 0.05) is 5.41 Å². The van der Waals surface area contributed by atoms with E-state index in [0.29, 0.717) is 0 Å². The van der Waals surface area contributed by atoms with Crippen LogP contribution in [0.2, 0.25) is 0 Å². The maximum Gasteiger partial charge on any atom is 0.0526 e. The molecular weight excluding hydrogens is 1150 g/mol. The second kappa shape index (κ2) is 24.7. The molecule has 0 bridgehead atoms. The Labute approximate surface area is 578 Å². The summed E-state index contributed by atoms with van der Waals surface area (Å²) < 4.78 is 0. The Bertz CT molecular complexity index is 4210. The van der Waals surface area contributed by atoms with E-state index in [4.69, 9.17) is 0 Å². The van der Waals surface area contributed by atoms with Gasteiger partial charge in [0.2, 0.25) is 0 Å². The summed E-state index contributed by atoms with van der Waals surface area (Å²) in [5.41, 5.74) is 71.2. The first-order valence-corrected chi connectivity index (χ1v) is 35.6. The average Bonchev–Trinajstić information content (AvgIpc) is 1.58. The second-order valence-corrected chi connectivity index (χ2v) is 31.1. The molecule has 8 aromatic carbocycles. The van der Waals surface area contributed by atoms with E-state index in [2.05, 4.69) is 287 Å². The molecule has 1 aliphatic rings. The van der Waals surface area contributed by atoms with Crippen molar-refractivity contribution in [3.8, 4) is 11.1 Å². The van der Waals surface area contributed by atoms with E-state index in [0.717, 1.165) is 0 Å². The molecule has 2 nitrogen and oxygen atoms in total. The predicted molar refractivity (Wildman–Crippen MR) is 424 cm³/mol. The summed E-state index contributed by atoms with van der Waals surface area (Å²) in [7, 11) is 0. The lowest BCUT2D eigenvalue weighted by atomic mass is 9.73. The van der Waals surface area contributed by atoms with Crippen LogP contribution in [0.5, 0.6) is 0 Å². The van der Waals surface area contributed by atoms with Crippen LogP contribution in [0.15, 0.2) is 0 Å². The zero-order chi connectivity index (χ0) is 71.7. The highest BCUT2D eigenvalue weighted by atomic mass is 15.2. The third kappa shape index (κ3) is 10.1. The number of nitrogens with zero attached hydrogens (tertiary/aromatic N) is 2. The number of rotatable bonds is 10. The summed E-state index contributed by atoms with van der Waals surface area (Å²) in [5.74, 6) is 0. The summed E-state index contributed by atoms with van der Waals surface area (Å²) in [6, 6.07) is 0. The molecule has 0 saturated carbocycles. The van der Waals surface area contributed by atoms with Crippen LogP contribution in [0.1, 0.15) is 264 Å². The molecule has 9 rings (SSSR count). The molecule has 0 unspecified atom stereocenters. The molecule has 2 heteroatoms. The van der Waals surface area contributed by atoms with E-state index in [-0.39, 0.29) is 5.41 Å². The van der Waals surface area contributed by atoms with Gasteiger partial charge in [0.05, 0.1) is 34.1 Å². The van der Waals surface area contributed by atoms with Gasteiger partial charge in [0.1, 0.15) is 0 Å². The smallest absolute Gasteiger partial charge is 0.0526 e. The quantitative estimate of drug-likeness (QED) is 0.126. The Morgan fingerprint density at radius 1 is 0.168 bits per heavy atom. The Kier molecular flexibility index (Phi) is 18.8. The predicted octanol–water partition coefficient (Wildman–Crippen LogP) is 27.3. The number of hydrogen-bond acceptors (Lipinski definition) is 2. The monoisotopic (exact) mass is 1260 g/mol. The van der Waals surface area contributed by atoms with Crippen LogP contribution in [0, 0.1) is 235 Å². The van der Waals surface area contributed by atoms with E-state index in [9.17, 15) is 0 Å². The number of anilines is 6. The fourth-order valence-corrected chi connectivity index (χ4v) is 18.8. The van der Waals surface area contributed by atoms with Crippen molar-refractivity contribution in [1.29, 1.82) is 0 Å².